The van der Waals surface area contributed by atoms with E-state index in [0.29, 0.717) is 6.61 Å². The predicted molar refractivity (Wildman–Crippen MR) is 65.5 cm³/mol. The highest BCUT2D eigenvalue weighted by Gasteiger charge is 2.02. The number of aryl methyl sites for hydroxylation is 1. The minimum Gasteiger partial charge on any atom is -0.383 e. The third-order valence-electron chi connectivity index (χ3n) is 2.18. The van der Waals surface area contributed by atoms with Crippen LogP contribution in [-0.4, -0.2) is 28.5 Å². The van der Waals surface area contributed by atoms with Crippen molar-refractivity contribution >= 4 is 11.0 Å². The Morgan fingerprint density at radius 2 is 2.06 bits per heavy atom. The highest BCUT2D eigenvalue weighted by molar-refractivity contribution is 5.75. The molecule has 88 valence electrons. The summed E-state index contributed by atoms with van der Waals surface area (Å²) in [5.41, 5.74) is 3.00. The van der Waals surface area contributed by atoms with Crippen LogP contribution in [0.5, 0.6) is 0 Å². The molecule has 2 rings (SSSR count). The molecule has 0 aliphatic carbocycles. The first kappa shape index (κ1) is 12.6. The van der Waals surface area contributed by atoms with Crippen LogP contribution in [0.1, 0.15) is 19.5 Å². The van der Waals surface area contributed by atoms with Crippen LogP contribution in [0.2, 0.25) is 0 Å². The van der Waals surface area contributed by atoms with E-state index in [9.17, 15) is 0 Å². The van der Waals surface area contributed by atoms with Crippen molar-refractivity contribution in [2.45, 2.75) is 27.3 Å². The minimum absolute atomic E-state index is 0.713. The van der Waals surface area contributed by atoms with Gasteiger partial charge in [0.1, 0.15) is 5.52 Å². The third kappa shape index (κ3) is 2.79. The smallest absolute Gasteiger partial charge is 0.111 e. The Hall–Kier alpha value is -1.42. The van der Waals surface area contributed by atoms with Gasteiger partial charge in [-0.1, -0.05) is 13.8 Å². The van der Waals surface area contributed by atoms with E-state index in [0.717, 1.165) is 23.3 Å². The molecule has 4 heteroatoms. The minimum atomic E-state index is 0.713. The molecule has 0 spiro atoms. The SMILES string of the molecule is CC.COCCn1ccc2nnc(C)cc21. The Bertz CT molecular complexity index is 437. The summed E-state index contributed by atoms with van der Waals surface area (Å²) in [6.45, 7) is 7.51. The van der Waals surface area contributed by atoms with Crippen molar-refractivity contribution in [2.24, 2.45) is 0 Å². The fourth-order valence-electron chi connectivity index (χ4n) is 1.46. The number of rotatable bonds is 3. The van der Waals surface area contributed by atoms with Crippen LogP contribution >= 0.6 is 0 Å². The van der Waals surface area contributed by atoms with Crippen molar-refractivity contribution in [3.63, 3.8) is 0 Å². The van der Waals surface area contributed by atoms with E-state index < -0.39 is 0 Å². The van der Waals surface area contributed by atoms with Crippen molar-refractivity contribution in [2.75, 3.05) is 13.7 Å². The molecule has 0 N–H and O–H groups in total. The first-order valence-corrected chi connectivity index (χ1v) is 5.59. The normalized spacial score (nSPS) is 10.0. The average molecular weight is 221 g/mol. The first-order chi connectivity index (χ1) is 7.81. The summed E-state index contributed by atoms with van der Waals surface area (Å²) >= 11 is 0. The maximum atomic E-state index is 5.04. The van der Waals surface area contributed by atoms with Crippen molar-refractivity contribution in [1.29, 1.82) is 0 Å². The maximum absolute atomic E-state index is 5.04. The molecule has 0 aliphatic heterocycles. The number of ether oxygens (including phenoxy) is 1. The summed E-state index contributed by atoms with van der Waals surface area (Å²) in [5, 5.41) is 8.10. The number of hydrogen-bond donors (Lipinski definition) is 0. The van der Waals surface area contributed by atoms with Crippen molar-refractivity contribution in [3.05, 3.63) is 24.0 Å². The van der Waals surface area contributed by atoms with E-state index in [1.807, 2.05) is 39.1 Å². The Morgan fingerprint density at radius 1 is 1.31 bits per heavy atom. The molecular weight excluding hydrogens is 202 g/mol. The topological polar surface area (TPSA) is 39.9 Å². The zero-order chi connectivity index (χ0) is 12.0. The van der Waals surface area contributed by atoms with Gasteiger partial charge >= 0.3 is 0 Å². The summed E-state index contributed by atoms with van der Waals surface area (Å²) in [5.74, 6) is 0. The molecule has 0 aliphatic rings. The van der Waals surface area contributed by atoms with Gasteiger partial charge in [-0.25, -0.2) is 0 Å². The van der Waals surface area contributed by atoms with Gasteiger partial charge in [0.25, 0.3) is 0 Å². The molecule has 0 aromatic carbocycles. The van der Waals surface area contributed by atoms with E-state index in [4.69, 9.17) is 4.74 Å². The zero-order valence-corrected chi connectivity index (χ0v) is 10.4. The number of fused-ring (bicyclic) bond motifs is 1. The number of hydrogen-bond acceptors (Lipinski definition) is 3. The summed E-state index contributed by atoms with van der Waals surface area (Å²) in [6.07, 6.45) is 2.01. The Balaban J connectivity index is 0.000000606. The number of aromatic nitrogens is 3. The standard InChI is InChI=1S/C10H13N3O.C2H6/c1-8-7-10-9(12-11-8)3-4-13(10)5-6-14-2;1-2/h3-4,7H,5-6H2,1-2H3;1-2H3. The molecule has 0 fully saturated rings. The van der Waals surface area contributed by atoms with Crippen LogP contribution in [-0.2, 0) is 11.3 Å². The Kier molecular flexibility index (Phi) is 4.92. The van der Waals surface area contributed by atoms with Gasteiger partial charge in [0.05, 0.1) is 17.8 Å². The summed E-state index contributed by atoms with van der Waals surface area (Å²) in [4.78, 5) is 0. The average Bonchev–Trinajstić information content (AvgIpc) is 2.71. The molecule has 2 aromatic rings. The van der Waals surface area contributed by atoms with Crippen LogP contribution in [0.3, 0.4) is 0 Å². The molecule has 0 unspecified atom stereocenters. The molecule has 4 nitrogen and oxygen atoms in total. The lowest BCUT2D eigenvalue weighted by Crippen LogP contribution is -2.02. The van der Waals surface area contributed by atoms with Crippen molar-refractivity contribution in [3.8, 4) is 0 Å². The largest absolute Gasteiger partial charge is 0.383 e. The van der Waals surface area contributed by atoms with Gasteiger partial charge in [0.15, 0.2) is 0 Å². The van der Waals surface area contributed by atoms with Gasteiger partial charge in [-0.3, -0.25) is 0 Å². The lowest BCUT2D eigenvalue weighted by Gasteiger charge is -2.03. The second kappa shape index (κ2) is 6.23. The van der Waals surface area contributed by atoms with E-state index in [-0.39, 0.29) is 0 Å². The quantitative estimate of drug-likeness (QED) is 0.799. The highest BCUT2D eigenvalue weighted by atomic mass is 16.5. The van der Waals surface area contributed by atoms with E-state index >= 15 is 0 Å². The summed E-state index contributed by atoms with van der Waals surface area (Å²) < 4.78 is 7.16. The van der Waals surface area contributed by atoms with Gasteiger partial charge < -0.3 is 9.30 Å². The van der Waals surface area contributed by atoms with Gasteiger partial charge in [-0.15, -0.1) is 5.10 Å². The van der Waals surface area contributed by atoms with Gasteiger partial charge in [-0.2, -0.15) is 5.10 Å². The molecule has 16 heavy (non-hydrogen) atoms. The lowest BCUT2D eigenvalue weighted by molar-refractivity contribution is 0.188. The Labute approximate surface area is 96.2 Å². The van der Waals surface area contributed by atoms with E-state index in [1.54, 1.807) is 7.11 Å². The maximum Gasteiger partial charge on any atom is 0.111 e. The van der Waals surface area contributed by atoms with Crippen molar-refractivity contribution < 1.29 is 4.74 Å². The molecule has 2 aromatic heterocycles. The number of nitrogens with zero attached hydrogens (tertiary/aromatic N) is 3. The first-order valence-electron chi connectivity index (χ1n) is 5.59. The second-order valence-corrected chi connectivity index (χ2v) is 3.26. The molecule has 0 saturated heterocycles. The molecule has 0 amide bonds. The van der Waals surface area contributed by atoms with Gasteiger partial charge in [-0.05, 0) is 19.1 Å². The van der Waals surface area contributed by atoms with Crippen LogP contribution < -0.4 is 0 Å². The zero-order valence-electron chi connectivity index (χ0n) is 10.4. The fraction of sp³-hybridized carbons (Fsp3) is 0.500. The van der Waals surface area contributed by atoms with E-state index in [1.165, 1.54) is 0 Å². The van der Waals surface area contributed by atoms with Crippen LogP contribution in [0.4, 0.5) is 0 Å². The third-order valence-corrected chi connectivity index (χ3v) is 2.18. The number of methoxy groups -OCH3 is 1. The Morgan fingerprint density at radius 3 is 2.75 bits per heavy atom. The highest BCUT2D eigenvalue weighted by Crippen LogP contribution is 2.12. The fourth-order valence-corrected chi connectivity index (χ4v) is 1.46. The molecular formula is C12H19N3O. The van der Waals surface area contributed by atoms with Gasteiger partial charge in [0.2, 0.25) is 0 Å². The molecule has 0 atom stereocenters. The van der Waals surface area contributed by atoms with Gasteiger partial charge in [0, 0.05) is 19.9 Å². The van der Waals surface area contributed by atoms with E-state index in [2.05, 4.69) is 14.8 Å². The molecule has 2 heterocycles. The molecule has 0 saturated carbocycles. The summed E-state index contributed by atoms with van der Waals surface area (Å²) in [6, 6.07) is 4.01. The lowest BCUT2D eigenvalue weighted by atomic mass is 10.3. The molecule has 0 bridgehead atoms. The summed E-state index contributed by atoms with van der Waals surface area (Å²) in [7, 11) is 1.71. The van der Waals surface area contributed by atoms with Crippen LogP contribution in [0.15, 0.2) is 18.3 Å². The van der Waals surface area contributed by atoms with Crippen molar-refractivity contribution in [1.82, 2.24) is 14.8 Å². The monoisotopic (exact) mass is 221 g/mol. The van der Waals surface area contributed by atoms with Crippen LogP contribution in [0, 0.1) is 6.92 Å². The second-order valence-electron chi connectivity index (χ2n) is 3.26. The molecule has 0 radical (unpaired) electrons. The van der Waals surface area contributed by atoms with Crippen LogP contribution in [0.25, 0.3) is 11.0 Å². The predicted octanol–water partition coefficient (Wildman–Crippen LogP) is 2.41.